The molecule has 2 nitrogen and oxygen atoms in total. The van der Waals surface area contributed by atoms with E-state index in [2.05, 4.69) is 20.8 Å². The molecule has 2 fully saturated rings. The fourth-order valence-electron chi connectivity index (χ4n) is 3.58. The Hall–Kier alpha value is -0.0800. The van der Waals surface area contributed by atoms with E-state index in [0.717, 1.165) is 31.6 Å². The maximum atomic E-state index is 10.7. The van der Waals surface area contributed by atoms with Crippen LogP contribution in [0.1, 0.15) is 59.8 Å². The second-order valence-electron chi connectivity index (χ2n) is 6.88. The minimum Gasteiger partial charge on any atom is -0.387 e. The van der Waals surface area contributed by atoms with Gasteiger partial charge in [0.05, 0.1) is 17.8 Å². The molecule has 0 spiro atoms. The molecule has 2 heteroatoms. The van der Waals surface area contributed by atoms with Crippen LogP contribution in [0, 0.1) is 17.8 Å². The van der Waals surface area contributed by atoms with Crippen LogP contribution in [0.5, 0.6) is 0 Å². The van der Waals surface area contributed by atoms with Gasteiger partial charge in [-0.2, -0.15) is 0 Å². The molecule has 0 bridgehead atoms. The van der Waals surface area contributed by atoms with Crippen LogP contribution in [0.4, 0.5) is 0 Å². The highest BCUT2D eigenvalue weighted by molar-refractivity contribution is 5.02. The number of ether oxygens (including phenoxy) is 1. The third kappa shape index (κ3) is 2.68. The highest BCUT2D eigenvalue weighted by atomic mass is 16.5. The molecule has 0 radical (unpaired) electrons. The molecule has 5 atom stereocenters. The summed E-state index contributed by atoms with van der Waals surface area (Å²) in [6, 6.07) is 0. The van der Waals surface area contributed by atoms with Gasteiger partial charge in [-0.25, -0.2) is 0 Å². The lowest BCUT2D eigenvalue weighted by molar-refractivity contribution is -0.0487. The minimum atomic E-state index is -0.598. The summed E-state index contributed by atoms with van der Waals surface area (Å²) in [4.78, 5) is 0. The summed E-state index contributed by atoms with van der Waals surface area (Å²) >= 11 is 0. The van der Waals surface area contributed by atoms with Crippen LogP contribution in [0.25, 0.3) is 0 Å². The Morgan fingerprint density at radius 3 is 2.71 bits per heavy atom. The molecule has 1 heterocycles. The van der Waals surface area contributed by atoms with Crippen molar-refractivity contribution in [2.24, 2.45) is 17.8 Å². The third-order valence-corrected chi connectivity index (χ3v) is 4.80. The van der Waals surface area contributed by atoms with Crippen LogP contribution in [0.3, 0.4) is 0 Å². The molecule has 1 N–H and O–H groups in total. The van der Waals surface area contributed by atoms with Crippen LogP contribution >= 0.6 is 0 Å². The van der Waals surface area contributed by atoms with E-state index >= 15 is 0 Å². The first-order chi connectivity index (χ1) is 7.91. The molecular formula is C15H28O2. The lowest BCUT2D eigenvalue weighted by Gasteiger charge is -2.34. The van der Waals surface area contributed by atoms with Gasteiger partial charge in [-0.15, -0.1) is 0 Å². The average molecular weight is 240 g/mol. The summed E-state index contributed by atoms with van der Waals surface area (Å²) in [5.41, 5.74) is -0.598. The molecule has 1 aliphatic heterocycles. The van der Waals surface area contributed by atoms with E-state index in [1.807, 2.05) is 6.92 Å². The smallest absolute Gasteiger partial charge is 0.0933 e. The first kappa shape index (κ1) is 13.4. The van der Waals surface area contributed by atoms with Gasteiger partial charge in [-0.05, 0) is 44.4 Å². The van der Waals surface area contributed by atoms with E-state index in [-0.39, 0.29) is 6.10 Å². The molecule has 0 amide bonds. The van der Waals surface area contributed by atoms with Crippen molar-refractivity contribution in [1.29, 1.82) is 0 Å². The molecule has 0 aromatic rings. The zero-order valence-corrected chi connectivity index (χ0v) is 11.8. The van der Waals surface area contributed by atoms with Crippen molar-refractivity contribution in [2.45, 2.75) is 77.6 Å². The molecule has 0 aromatic carbocycles. The average Bonchev–Trinajstić information content (AvgIpc) is 2.46. The van der Waals surface area contributed by atoms with E-state index in [1.54, 1.807) is 0 Å². The molecule has 5 unspecified atom stereocenters. The number of hydrogen-bond donors (Lipinski definition) is 1. The zero-order valence-electron chi connectivity index (χ0n) is 11.8. The number of rotatable bonds is 3. The van der Waals surface area contributed by atoms with Gasteiger partial charge < -0.3 is 9.84 Å². The summed E-state index contributed by atoms with van der Waals surface area (Å²) in [6.07, 6.45) is 6.05. The van der Waals surface area contributed by atoms with Crippen LogP contribution < -0.4 is 0 Å². The Balaban J connectivity index is 2.00. The summed E-state index contributed by atoms with van der Waals surface area (Å²) in [7, 11) is 0. The Labute approximate surface area is 106 Å². The van der Waals surface area contributed by atoms with Crippen LogP contribution in [-0.4, -0.2) is 22.9 Å². The van der Waals surface area contributed by atoms with Crippen LogP contribution in [0.2, 0.25) is 0 Å². The quantitative estimate of drug-likeness (QED) is 0.819. The fraction of sp³-hybridized carbons (Fsp3) is 1.00. The van der Waals surface area contributed by atoms with Gasteiger partial charge in [0.25, 0.3) is 0 Å². The number of aliphatic hydroxyl groups is 1. The predicted molar refractivity (Wildman–Crippen MR) is 69.9 cm³/mol. The molecular weight excluding hydrogens is 212 g/mol. The molecule has 100 valence electrons. The summed E-state index contributed by atoms with van der Waals surface area (Å²) in [6.45, 7) is 8.77. The van der Waals surface area contributed by atoms with Crippen molar-refractivity contribution >= 4 is 0 Å². The van der Waals surface area contributed by atoms with E-state index in [0.29, 0.717) is 17.9 Å². The zero-order chi connectivity index (χ0) is 12.6. The van der Waals surface area contributed by atoms with Gasteiger partial charge in [-0.3, -0.25) is 0 Å². The monoisotopic (exact) mass is 240 g/mol. The summed E-state index contributed by atoms with van der Waals surface area (Å²) in [5.74, 6) is 1.82. The summed E-state index contributed by atoms with van der Waals surface area (Å²) in [5, 5.41) is 10.7. The SMILES string of the molecule is CC(C)CCC1OC2CC(C)CCC2C1(C)O. The molecule has 1 saturated heterocycles. The number of hydrogen-bond acceptors (Lipinski definition) is 2. The predicted octanol–water partition coefficient (Wildman–Crippen LogP) is 3.38. The third-order valence-electron chi connectivity index (χ3n) is 4.80. The normalized spacial score (nSPS) is 46.2. The van der Waals surface area contributed by atoms with Crippen molar-refractivity contribution in [3.8, 4) is 0 Å². The van der Waals surface area contributed by atoms with Gasteiger partial charge >= 0.3 is 0 Å². The van der Waals surface area contributed by atoms with Gasteiger partial charge in [0.1, 0.15) is 0 Å². The topological polar surface area (TPSA) is 29.5 Å². The van der Waals surface area contributed by atoms with Crippen molar-refractivity contribution < 1.29 is 9.84 Å². The van der Waals surface area contributed by atoms with E-state index in [1.165, 1.54) is 6.42 Å². The largest absolute Gasteiger partial charge is 0.387 e. The Morgan fingerprint density at radius 1 is 1.35 bits per heavy atom. The van der Waals surface area contributed by atoms with E-state index < -0.39 is 5.60 Å². The highest BCUT2D eigenvalue weighted by Crippen LogP contribution is 2.46. The van der Waals surface area contributed by atoms with Crippen LogP contribution in [-0.2, 0) is 4.74 Å². The molecule has 17 heavy (non-hydrogen) atoms. The Bertz CT molecular complexity index is 260. The molecule has 1 aliphatic carbocycles. The van der Waals surface area contributed by atoms with E-state index in [4.69, 9.17) is 4.74 Å². The second kappa shape index (κ2) is 4.89. The first-order valence-electron chi connectivity index (χ1n) is 7.29. The lowest BCUT2D eigenvalue weighted by atomic mass is 9.72. The Morgan fingerprint density at radius 2 is 2.06 bits per heavy atom. The van der Waals surface area contributed by atoms with Gasteiger partial charge in [-0.1, -0.05) is 27.2 Å². The lowest BCUT2D eigenvalue weighted by Crippen LogP contribution is -2.42. The van der Waals surface area contributed by atoms with Gasteiger partial charge in [0.2, 0.25) is 0 Å². The highest BCUT2D eigenvalue weighted by Gasteiger charge is 2.53. The van der Waals surface area contributed by atoms with Crippen molar-refractivity contribution in [3.63, 3.8) is 0 Å². The minimum absolute atomic E-state index is 0.0604. The van der Waals surface area contributed by atoms with Gasteiger partial charge in [0.15, 0.2) is 0 Å². The van der Waals surface area contributed by atoms with Crippen molar-refractivity contribution in [3.05, 3.63) is 0 Å². The molecule has 2 rings (SSSR count). The van der Waals surface area contributed by atoms with Crippen molar-refractivity contribution in [2.75, 3.05) is 0 Å². The fourth-order valence-corrected chi connectivity index (χ4v) is 3.58. The molecule has 1 saturated carbocycles. The standard InChI is InChI=1S/C15H28O2/c1-10(2)5-8-14-15(4,16)12-7-6-11(3)9-13(12)17-14/h10-14,16H,5-9H2,1-4H3. The summed E-state index contributed by atoms with van der Waals surface area (Å²) < 4.78 is 6.15. The van der Waals surface area contributed by atoms with Crippen molar-refractivity contribution in [1.82, 2.24) is 0 Å². The van der Waals surface area contributed by atoms with Crippen LogP contribution in [0.15, 0.2) is 0 Å². The first-order valence-corrected chi connectivity index (χ1v) is 7.29. The molecule has 2 aliphatic rings. The second-order valence-corrected chi connectivity index (χ2v) is 6.88. The molecule has 0 aromatic heterocycles. The van der Waals surface area contributed by atoms with E-state index in [9.17, 15) is 5.11 Å². The van der Waals surface area contributed by atoms with Gasteiger partial charge in [0, 0.05) is 5.92 Å². The maximum Gasteiger partial charge on any atom is 0.0933 e. The Kier molecular flexibility index (Phi) is 3.84. The maximum absolute atomic E-state index is 10.7. The number of fused-ring (bicyclic) bond motifs is 1.